The van der Waals surface area contributed by atoms with Crippen molar-refractivity contribution < 1.29 is 18.3 Å². The molecule has 2 N–H and O–H groups in total. The second kappa shape index (κ2) is 5.20. The maximum Gasteiger partial charge on any atom is 0.338 e. The lowest BCUT2D eigenvalue weighted by Crippen LogP contribution is -2.05. The number of sulfone groups is 1. The number of H-pyrrole nitrogens is 1. The zero-order valence-corrected chi connectivity index (χ0v) is 13.3. The van der Waals surface area contributed by atoms with E-state index in [4.69, 9.17) is 5.11 Å². The van der Waals surface area contributed by atoms with Crippen LogP contribution in [0.2, 0.25) is 0 Å². The summed E-state index contributed by atoms with van der Waals surface area (Å²) in [4.78, 5) is 18.4. The largest absolute Gasteiger partial charge is 0.478 e. The molecule has 0 spiro atoms. The number of carboxylic acid groups (broad SMARTS) is 1. The fraction of sp³-hybridized carbons (Fsp3) is 0.214. The van der Waals surface area contributed by atoms with Crippen molar-refractivity contribution in [1.29, 1.82) is 0 Å². The molecule has 23 heavy (non-hydrogen) atoms. The highest BCUT2D eigenvalue weighted by molar-refractivity contribution is 7.91. The summed E-state index contributed by atoms with van der Waals surface area (Å²) in [5, 5.41) is 12.9. The smallest absolute Gasteiger partial charge is 0.338 e. The summed E-state index contributed by atoms with van der Waals surface area (Å²) in [5.41, 5.74) is 1.79. The Morgan fingerprint density at radius 3 is 2.74 bits per heavy atom. The van der Waals surface area contributed by atoms with Gasteiger partial charge in [0.15, 0.2) is 9.84 Å². The van der Waals surface area contributed by atoms with Crippen LogP contribution in [0.3, 0.4) is 0 Å². The number of rotatable bonds is 4. The van der Waals surface area contributed by atoms with Gasteiger partial charge >= 0.3 is 5.97 Å². The molecule has 9 heteroatoms. The molecule has 0 aliphatic rings. The van der Waals surface area contributed by atoms with Gasteiger partial charge in [0.05, 0.1) is 33.4 Å². The number of fused-ring (bicyclic) bond motifs is 1. The van der Waals surface area contributed by atoms with Crippen LogP contribution in [0.15, 0.2) is 29.4 Å². The number of aromatic carboxylic acids is 1. The molecule has 0 aliphatic heterocycles. The topological polar surface area (TPSA) is 118 Å². The van der Waals surface area contributed by atoms with Gasteiger partial charge in [-0.25, -0.2) is 22.9 Å². The van der Waals surface area contributed by atoms with Gasteiger partial charge in [-0.2, -0.15) is 5.10 Å². The van der Waals surface area contributed by atoms with Gasteiger partial charge in [0.25, 0.3) is 0 Å². The molecule has 3 rings (SSSR count). The van der Waals surface area contributed by atoms with E-state index in [0.29, 0.717) is 22.5 Å². The Bertz CT molecular complexity index is 1020. The Morgan fingerprint density at radius 1 is 1.39 bits per heavy atom. The van der Waals surface area contributed by atoms with E-state index in [0.717, 1.165) is 0 Å². The number of aromatic amines is 1. The molecule has 0 saturated heterocycles. The zero-order valence-electron chi connectivity index (χ0n) is 12.4. The third-order valence-electron chi connectivity index (χ3n) is 3.53. The molecule has 1 aromatic carbocycles. The number of aromatic nitrogens is 4. The Morgan fingerprint density at radius 2 is 2.13 bits per heavy atom. The minimum Gasteiger partial charge on any atom is -0.478 e. The van der Waals surface area contributed by atoms with Crippen molar-refractivity contribution in [1.82, 2.24) is 19.7 Å². The van der Waals surface area contributed by atoms with Crippen molar-refractivity contribution in [3.63, 3.8) is 0 Å². The predicted octanol–water partition coefficient (Wildman–Crippen LogP) is 1.55. The number of hydrogen-bond donors (Lipinski definition) is 2. The first kappa shape index (κ1) is 15.2. The Balaban J connectivity index is 2.13. The quantitative estimate of drug-likeness (QED) is 0.747. The van der Waals surface area contributed by atoms with E-state index < -0.39 is 15.8 Å². The van der Waals surface area contributed by atoms with Gasteiger partial charge in [-0.1, -0.05) is 6.92 Å². The normalized spacial score (nSPS) is 11.9. The summed E-state index contributed by atoms with van der Waals surface area (Å²) in [6, 6.07) is 3.22. The third kappa shape index (κ3) is 2.59. The minimum absolute atomic E-state index is 0.0117. The maximum atomic E-state index is 12.1. The molecule has 0 atom stereocenters. The van der Waals surface area contributed by atoms with Gasteiger partial charge < -0.3 is 10.1 Å². The summed E-state index contributed by atoms with van der Waals surface area (Å²) in [5.74, 6) is -0.755. The number of hydrogen-bond acceptors (Lipinski definition) is 5. The second-order valence-corrected chi connectivity index (χ2v) is 7.32. The number of aryl methyl sites for hydroxylation is 1. The highest BCUT2D eigenvalue weighted by Gasteiger charge is 2.17. The van der Waals surface area contributed by atoms with Crippen LogP contribution in [-0.4, -0.2) is 45.0 Å². The molecular formula is C14H14N4O4S. The lowest BCUT2D eigenvalue weighted by Gasteiger charge is -2.05. The van der Waals surface area contributed by atoms with Gasteiger partial charge in [-0.05, 0) is 24.6 Å². The van der Waals surface area contributed by atoms with Crippen molar-refractivity contribution in [2.24, 2.45) is 0 Å². The van der Waals surface area contributed by atoms with Crippen molar-refractivity contribution in [3.8, 4) is 5.95 Å². The first-order chi connectivity index (χ1) is 10.8. The van der Waals surface area contributed by atoms with Gasteiger partial charge in [-0.3, -0.25) is 0 Å². The Kier molecular flexibility index (Phi) is 3.44. The van der Waals surface area contributed by atoms with Crippen molar-refractivity contribution in [3.05, 3.63) is 35.7 Å². The lowest BCUT2D eigenvalue weighted by atomic mass is 10.2. The zero-order chi connectivity index (χ0) is 16.8. The van der Waals surface area contributed by atoms with E-state index in [2.05, 4.69) is 15.1 Å². The molecule has 0 saturated carbocycles. The van der Waals surface area contributed by atoms with E-state index in [1.54, 1.807) is 19.9 Å². The maximum absolute atomic E-state index is 12.1. The van der Waals surface area contributed by atoms with E-state index in [9.17, 15) is 13.2 Å². The Labute approximate surface area is 131 Å². The molecule has 0 unspecified atom stereocenters. The van der Waals surface area contributed by atoms with E-state index in [1.165, 1.54) is 23.1 Å². The van der Waals surface area contributed by atoms with E-state index in [1.807, 2.05) is 0 Å². The lowest BCUT2D eigenvalue weighted by molar-refractivity contribution is 0.0697. The summed E-state index contributed by atoms with van der Waals surface area (Å²) < 4.78 is 25.5. The van der Waals surface area contributed by atoms with Crippen molar-refractivity contribution in [2.45, 2.75) is 18.7 Å². The third-order valence-corrected chi connectivity index (χ3v) is 5.40. The summed E-state index contributed by atoms with van der Waals surface area (Å²) in [7, 11) is -3.34. The van der Waals surface area contributed by atoms with Gasteiger partial charge in [0, 0.05) is 6.20 Å². The number of carboxylic acids is 1. The van der Waals surface area contributed by atoms with E-state index in [-0.39, 0.29) is 16.2 Å². The summed E-state index contributed by atoms with van der Waals surface area (Å²) in [6.45, 7) is 3.31. The molecule has 3 aromatic rings. The van der Waals surface area contributed by atoms with Crippen LogP contribution < -0.4 is 0 Å². The average Bonchev–Trinajstić information content (AvgIpc) is 3.12. The van der Waals surface area contributed by atoms with E-state index >= 15 is 0 Å². The van der Waals surface area contributed by atoms with Crippen LogP contribution in [0, 0.1) is 6.92 Å². The van der Waals surface area contributed by atoms with Gasteiger partial charge in [-0.15, -0.1) is 0 Å². The molecule has 0 bridgehead atoms. The molecule has 2 aromatic heterocycles. The number of imidazole rings is 1. The van der Waals surface area contributed by atoms with Gasteiger partial charge in [0.1, 0.15) is 0 Å². The fourth-order valence-electron chi connectivity index (χ4n) is 2.28. The van der Waals surface area contributed by atoms with Crippen molar-refractivity contribution >= 4 is 26.8 Å². The van der Waals surface area contributed by atoms with Gasteiger partial charge in [0.2, 0.25) is 5.95 Å². The molecule has 0 aliphatic carbocycles. The van der Waals surface area contributed by atoms with Crippen molar-refractivity contribution in [2.75, 3.05) is 5.75 Å². The summed E-state index contributed by atoms with van der Waals surface area (Å²) >= 11 is 0. The molecule has 0 amide bonds. The number of carbonyl (C=O) groups is 1. The predicted molar refractivity (Wildman–Crippen MR) is 82.6 cm³/mol. The van der Waals surface area contributed by atoms with Crippen LogP contribution >= 0.6 is 0 Å². The van der Waals surface area contributed by atoms with Crippen LogP contribution in [0.4, 0.5) is 0 Å². The molecule has 0 radical (unpaired) electrons. The van der Waals surface area contributed by atoms with Crippen LogP contribution in [0.1, 0.15) is 22.8 Å². The van der Waals surface area contributed by atoms with Crippen LogP contribution in [0.5, 0.6) is 0 Å². The van der Waals surface area contributed by atoms with Crippen LogP contribution in [-0.2, 0) is 9.84 Å². The SMILES string of the molecule is CCS(=O)(=O)c1cc2nc(-n3cc(C(=O)O)cn3)[nH]c2cc1C. The molecular weight excluding hydrogens is 320 g/mol. The first-order valence-corrected chi connectivity index (χ1v) is 8.48. The molecule has 8 nitrogen and oxygen atoms in total. The fourth-order valence-corrected chi connectivity index (χ4v) is 3.43. The highest BCUT2D eigenvalue weighted by Crippen LogP contribution is 2.23. The first-order valence-electron chi connectivity index (χ1n) is 6.83. The highest BCUT2D eigenvalue weighted by atomic mass is 32.2. The molecule has 120 valence electrons. The molecule has 2 heterocycles. The number of benzene rings is 1. The monoisotopic (exact) mass is 334 g/mol. The number of nitrogens with one attached hydrogen (secondary N) is 1. The second-order valence-electron chi connectivity index (χ2n) is 5.08. The standard InChI is InChI=1S/C14H14N4O4S/c1-3-23(21,22)12-5-11-10(4-8(12)2)16-14(17-11)18-7-9(6-15-18)13(19)20/h4-7H,3H2,1-2H3,(H,16,17)(H,19,20). The van der Waals surface area contributed by atoms with Crippen LogP contribution in [0.25, 0.3) is 17.0 Å². The Hall–Kier alpha value is -2.68. The minimum atomic E-state index is -3.34. The summed E-state index contributed by atoms with van der Waals surface area (Å²) in [6.07, 6.45) is 2.55. The molecule has 0 fully saturated rings. The number of nitrogens with zero attached hydrogens (tertiary/aromatic N) is 3. The average molecular weight is 334 g/mol.